The lowest BCUT2D eigenvalue weighted by molar-refractivity contribution is -0.121. The highest BCUT2D eigenvalue weighted by molar-refractivity contribution is 5.98. The molecule has 0 spiro atoms. The molecule has 104 valence electrons. The van der Waals surface area contributed by atoms with E-state index in [0.29, 0.717) is 12.5 Å². The Morgan fingerprint density at radius 2 is 2.26 bits per heavy atom. The van der Waals surface area contributed by atoms with E-state index in [1.807, 2.05) is 24.3 Å². The van der Waals surface area contributed by atoms with Crippen LogP contribution in [0.3, 0.4) is 0 Å². The summed E-state index contributed by atoms with van der Waals surface area (Å²) in [6.07, 6.45) is 3.04. The van der Waals surface area contributed by atoms with Gasteiger partial charge >= 0.3 is 0 Å². The van der Waals surface area contributed by atoms with E-state index in [4.69, 9.17) is 10.5 Å². The first-order valence-corrected chi connectivity index (χ1v) is 6.87. The van der Waals surface area contributed by atoms with Crippen molar-refractivity contribution >= 4 is 11.6 Å². The van der Waals surface area contributed by atoms with Crippen LogP contribution in [0, 0.1) is 5.92 Å². The number of ether oxygens (including phenoxy) is 1. The molecule has 1 aliphatic rings. The third kappa shape index (κ3) is 3.47. The van der Waals surface area contributed by atoms with Crippen molar-refractivity contribution < 1.29 is 9.53 Å². The minimum absolute atomic E-state index is 0.123. The second kappa shape index (κ2) is 5.61. The average Bonchev–Trinajstić information content (AvgIpc) is 3.21. The van der Waals surface area contributed by atoms with E-state index in [1.54, 1.807) is 6.92 Å². The maximum absolute atomic E-state index is 12.2. The molecule has 0 bridgehead atoms. The largest absolute Gasteiger partial charge is 0.494 e. The van der Waals surface area contributed by atoms with Gasteiger partial charge < -0.3 is 15.8 Å². The first-order valence-electron chi connectivity index (χ1n) is 6.87. The topological polar surface area (TPSA) is 64.3 Å². The standard InChI is InChI=1S/C15H22N2O2/c1-3-9-19-13-6-4-5-12(10-13)17-14(18)15(2,16)11-7-8-11/h4-6,10-11H,3,7-9,16H2,1-2H3,(H,17,18). The van der Waals surface area contributed by atoms with Gasteiger partial charge in [-0.2, -0.15) is 0 Å². The van der Waals surface area contributed by atoms with Crippen molar-refractivity contribution in [2.24, 2.45) is 11.7 Å². The van der Waals surface area contributed by atoms with Crippen LogP contribution in [0.5, 0.6) is 5.75 Å². The number of nitrogens with one attached hydrogen (secondary N) is 1. The third-order valence-corrected chi connectivity index (χ3v) is 3.48. The lowest BCUT2D eigenvalue weighted by Crippen LogP contribution is -2.50. The van der Waals surface area contributed by atoms with Gasteiger partial charge in [0, 0.05) is 11.8 Å². The summed E-state index contributed by atoms with van der Waals surface area (Å²) < 4.78 is 5.54. The molecular formula is C15H22N2O2. The van der Waals surface area contributed by atoms with Gasteiger partial charge in [-0.15, -0.1) is 0 Å². The second-order valence-electron chi connectivity index (χ2n) is 5.39. The van der Waals surface area contributed by atoms with Gasteiger partial charge in [0.2, 0.25) is 5.91 Å². The Labute approximate surface area is 114 Å². The normalized spacial score (nSPS) is 17.6. The summed E-state index contributed by atoms with van der Waals surface area (Å²) in [6.45, 7) is 4.53. The number of carbonyl (C=O) groups excluding carboxylic acids is 1. The second-order valence-corrected chi connectivity index (χ2v) is 5.39. The van der Waals surface area contributed by atoms with Crippen molar-refractivity contribution in [3.8, 4) is 5.75 Å². The zero-order chi connectivity index (χ0) is 13.9. The fourth-order valence-corrected chi connectivity index (χ4v) is 2.02. The fourth-order valence-electron chi connectivity index (χ4n) is 2.02. The zero-order valence-electron chi connectivity index (χ0n) is 11.6. The Morgan fingerprint density at radius 3 is 2.89 bits per heavy atom. The Kier molecular flexibility index (Phi) is 4.10. The predicted molar refractivity (Wildman–Crippen MR) is 76.2 cm³/mol. The van der Waals surface area contributed by atoms with Crippen LogP contribution in [0.15, 0.2) is 24.3 Å². The van der Waals surface area contributed by atoms with Crippen LogP contribution in [0.4, 0.5) is 5.69 Å². The molecule has 0 saturated heterocycles. The van der Waals surface area contributed by atoms with E-state index in [1.165, 1.54) is 0 Å². The molecule has 0 radical (unpaired) electrons. The van der Waals surface area contributed by atoms with E-state index < -0.39 is 5.54 Å². The Morgan fingerprint density at radius 1 is 1.53 bits per heavy atom. The summed E-state index contributed by atoms with van der Waals surface area (Å²) in [5.41, 5.74) is 6.04. The van der Waals surface area contributed by atoms with Crippen molar-refractivity contribution in [2.75, 3.05) is 11.9 Å². The molecule has 0 aromatic heterocycles. The Balaban J connectivity index is 2.00. The van der Waals surface area contributed by atoms with Crippen LogP contribution in [0.2, 0.25) is 0 Å². The molecule has 2 rings (SSSR count). The molecule has 19 heavy (non-hydrogen) atoms. The van der Waals surface area contributed by atoms with Crippen LogP contribution in [-0.2, 0) is 4.79 Å². The lowest BCUT2D eigenvalue weighted by atomic mass is 9.96. The van der Waals surface area contributed by atoms with Gasteiger partial charge in [-0.3, -0.25) is 4.79 Å². The molecule has 3 N–H and O–H groups in total. The molecular weight excluding hydrogens is 240 g/mol. The van der Waals surface area contributed by atoms with Crippen molar-refractivity contribution in [3.05, 3.63) is 24.3 Å². The molecule has 1 fully saturated rings. The minimum Gasteiger partial charge on any atom is -0.494 e. The molecule has 0 heterocycles. The molecule has 1 atom stereocenters. The number of carbonyl (C=O) groups is 1. The number of hydrogen-bond donors (Lipinski definition) is 2. The van der Waals surface area contributed by atoms with Gasteiger partial charge in [-0.05, 0) is 44.2 Å². The van der Waals surface area contributed by atoms with Crippen molar-refractivity contribution in [2.45, 2.75) is 38.6 Å². The van der Waals surface area contributed by atoms with Gasteiger partial charge in [0.25, 0.3) is 0 Å². The van der Waals surface area contributed by atoms with Gasteiger partial charge in [0.15, 0.2) is 0 Å². The third-order valence-electron chi connectivity index (χ3n) is 3.48. The van der Waals surface area contributed by atoms with Crippen molar-refractivity contribution in [1.82, 2.24) is 0 Å². The number of anilines is 1. The number of nitrogens with two attached hydrogens (primary N) is 1. The van der Waals surface area contributed by atoms with Crippen LogP contribution >= 0.6 is 0 Å². The van der Waals surface area contributed by atoms with E-state index in [-0.39, 0.29) is 5.91 Å². The van der Waals surface area contributed by atoms with Crippen LogP contribution in [0.1, 0.15) is 33.1 Å². The van der Waals surface area contributed by atoms with E-state index >= 15 is 0 Å². The summed E-state index contributed by atoms with van der Waals surface area (Å²) in [7, 11) is 0. The molecule has 1 aromatic rings. The molecule has 1 aromatic carbocycles. The Hall–Kier alpha value is -1.55. The minimum atomic E-state index is -0.777. The van der Waals surface area contributed by atoms with E-state index in [2.05, 4.69) is 12.2 Å². The van der Waals surface area contributed by atoms with Crippen LogP contribution in [-0.4, -0.2) is 18.1 Å². The molecule has 1 amide bonds. The van der Waals surface area contributed by atoms with Crippen molar-refractivity contribution in [1.29, 1.82) is 0 Å². The van der Waals surface area contributed by atoms with Crippen LogP contribution in [0.25, 0.3) is 0 Å². The Bertz CT molecular complexity index is 453. The van der Waals surface area contributed by atoms with Gasteiger partial charge in [0.1, 0.15) is 5.75 Å². The highest BCUT2D eigenvalue weighted by Crippen LogP contribution is 2.38. The van der Waals surface area contributed by atoms with E-state index in [0.717, 1.165) is 30.7 Å². The lowest BCUT2D eigenvalue weighted by Gasteiger charge is -2.23. The average molecular weight is 262 g/mol. The zero-order valence-corrected chi connectivity index (χ0v) is 11.6. The fraction of sp³-hybridized carbons (Fsp3) is 0.533. The maximum atomic E-state index is 12.2. The smallest absolute Gasteiger partial charge is 0.244 e. The van der Waals surface area contributed by atoms with Gasteiger partial charge in [0.05, 0.1) is 12.1 Å². The number of hydrogen-bond acceptors (Lipinski definition) is 3. The summed E-state index contributed by atoms with van der Waals surface area (Å²) in [6, 6.07) is 7.43. The molecule has 1 aliphatic carbocycles. The molecule has 1 saturated carbocycles. The number of rotatable bonds is 6. The van der Waals surface area contributed by atoms with Crippen LogP contribution < -0.4 is 15.8 Å². The number of amides is 1. The van der Waals surface area contributed by atoms with E-state index in [9.17, 15) is 4.79 Å². The summed E-state index contributed by atoms with van der Waals surface area (Å²) >= 11 is 0. The monoisotopic (exact) mass is 262 g/mol. The first-order chi connectivity index (χ1) is 9.04. The summed E-state index contributed by atoms with van der Waals surface area (Å²) in [5.74, 6) is 0.958. The predicted octanol–water partition coefficient (Wildman–Crippen LogP) is 2.54. The highest BCUT2D eigenvalue weighted by Gasteiger charge is 2.44. The SMILES string of the molecule is CCCOc1cccc(NC(=O)C(C)(N)C2CC2)c1. The molecule has 1 unspecified atom stereocenters. The summed E-state index contributed by atoms with van der Waals surface area (Å²) in [5, 5.41) is 2.88. The highest BCUT2D eigenvalue weighted by atomic mass is 16.5. The quantitative estimate of drug-likeness (QED) is 0.828. The van der Waals surface area contributed by atoms with Gasteiger partial charge in [-0.25, -0.2) is 0 Å². The molecule has 4 nitrogen and oxygen atoms in total. The molecule has 0 aliphatic heterocycles. The summed E-state index contributed by atoms with van der Waals surface area (Å²) in [4.78, 5) is 12.2. The first kappa shape index (κ1) is 13.9. The number of benzene rings is 1. The van der Waals surface area contributed by atoms with Gasteiger partial charge in [-0.1, -0.05) is 13.0 Å². The molecule has 4 heteroatoms. The maximum Gasteiger partial charge on any atom is 0.244 e. The van der Waals surface area contributed by atoms with Crippen molar-refractivity contribution in [3.63, 3.8) is 0 Å².